The van der Waals surface area contributed by atoms with E-state index in [2.05, 4.69) is 29.3 Å². The van der Waals surface area contributed by atoms with E-state index in [1.807, 2.05) is 12.1 Å². The lowest BCUT2D eigenvalue weighted by Gasteiger charge is -2.17. The van der Waals surface area contributed by atoms with Gasteiger partial charge in [0.25, 0.3) is 0 Å². The van der Waals surface area contributed by atoms with Crippen molar-refractivity contribution in [3.63, 3.8) is 0 Å². The highest BCUT2D eigenvalue weighted by Crippen LogP contribution is 2.19. The predicted molar refractivity (Wildman–Crippen MR) is 79.8 cm³/mol. The SMILES string of the molecule is CCCNC1CCN(CCc2ccccc2OC)C1. The lowest BCUT2D eigenvalue weighted by Crippen LogP contribution is -2.33. The maximum Gasteiger partial charge on any atom is 0.122 e. The van der Waals surface area contributed by atoms with E-state index < -0.39 is 0 Å². The Labute approximate surface area is 116 Å². The zero-order chi connectivity index (χ0) is 13.5. The monoisotopic (exact) mass is 262 g/mol. The first-order chi connectivity index (χ1) is 9.33. The molecule has 3 heteroatoms. The van der Waals surface area contributed by atoms with Crippen molar-refractivity contribution in [3.05, 3.63) is 29.8 Å². The van der Waals surface area contributed by atoms with Gasteiger partial charge >= 0.3 is 0 Å². The summed E-state index contributed by atoms with van der Waals surface area (Å²) in [5.41, 5.74) is 1.31. The molecule has 2 rings (SSSR count). The molecule has 0 radical (unpaired) electrons. The second-order valence-electron chi connectivity index (χ2n) is 5.30. The Morgan fingerprint density at radius 1 is 1.37 bits per heavy atom. The first-order valence-electron chi connectivity index (χ1n) is 7.41. The zero-order valence-electron chi connectivity index (χ0n) is 12.2. The molecule has 0 amide bonds. The number of hydrogen-bond donors (Lipinski definition) is 1. The molecule has 3 nitrogen and oxygen atoms in total. The molecule has 0 aromatic heterocycles. The Morgan fingerprint density at radius 3 is 3.00 bits per heavy atom. The largest absolute Gasteiger partial charge is 0.496 e. The first kappa shape index (κ1) is 14.4. The van der Waals surface area contributed by atoms with Gasteiger partial charge in [-0.1, -0.05) is 25.1 Å². The minimum absolute atomic E-state index is 0.692. The molecule has 1 N–H and O–H groups in total. The molecule has 0 saturated carbocycles. The third-order valence-electron chi connectivity index (χ3n) is 3.85. The molecule has 106 valence electrons. The minimum Gasteiger partial charge on any atom is -0.496 e. The van der Waals surface area contributed by atoms with E-state index in [1.165, 1.54) is 31.5 Å². The summed E-state index contributed by atoms with van der Waals surface area (Å²) in [7, 11) is 1.75. The number of ether oxygens (including phenoxy) is 1. The van der Waals surface area contributed by atoms with Gasteiger partial charge in [-0.25, -0.2) is 0 Å². The van der Waals surface area contributed by atoms with Gasteiger partial charge in [-0.05, 0) is 44.0 Å². The highest BCUT2D eigenvalue weighted by atomic mass is 16.5. The number of para-hydroxylation sites is 1. The molecule has 0 bridgehead atoms. The molecule has 1 saturated heterocycles. The van der Waals surface area contributed by atoms with Crippen molar-refractivity contribution in [3.8, 4) is 5.75 Å². The normalized spacial score (nSPS) is 19.8. The standard InChI is InChI=1S/C16H26N2O/c1-3-10-17-15-9-12-18(13-15)11-8-14-6-4-5-7-16(14)19-2/h4-7,15,17H,3,8-13H2,1-2H3. The fourth-order valence-electron chi connectivity index (χ4n) is 2.74. The van der Waals surface area contributed by atoms with Crippen LogP contribution in [0.25, 0.3) is 0 Å². The third-order valence-corrected chi connectivity index (χ3v) is 3.85. The van der Waals surface area contributed by atoms with E-state index in [4.69, 9.17) is 4.74 Å². The minimum atomic E-state index is 0.692. The van der Waals surface area contributed by atoms with Crippen LogP contribution in [0.1, 0.15) is 25.3 Å². The average Bonchev–Trinajstić information content (AvgIpc) is 2.91. The quantitative estimate of drug-likeness (QED) is 0.816. The van der Waals surface area contributed by atoms with Crippen LogP contribution in [0.4, 0.5) is 0 Å². The summed E-state index contributed by atoms with van der Waals surface area (Å²) < 4.78 is 5.40. The Hall–Kier alpha value is -1.06. The van der Waals surface area contributed by atoms with Gasteiger partial charge in [0.1, 0.15) is 5.75 Å². The molecule has 1 aliphatic heterocycles. The van der Waals surface area contributed by atoms with E-state index >= 15 is 0 Å². The van der Waals surface area contributed by atoms with Crippen molar-refractivity contribution in [1.82, 2.24) is 10.2 Å². The molecule has 19 heavy (non-hydrogen) atoms. The fraction of sp³-hybridized carbons (Fsp3) is 0.625. The van der Waals surface area contributed by atoms with Crippen molar-refractivity contribution in [2.24, 2.45) is 0 Å². The smallest absolute Gasteiger partial charge is 0.122 e. The molecule has 1 atom stereocenters. The van der Waals surface area contributed by atoms with Crippen molar-refractivity contribution in [1.29, 1.82) is 0 Å². The summed E-state index contributed by atoms with van der Waals surface area (Å²) in [6.45, 7) is 6.91. The van der Waals surface area contributed by atoms with Crippen molar-refractivity contribution >= 4 is 0 Å². The summed E-state index contributed by atoms with van der Waals surface area (Å²) >= 11 is 0. The topological polar surface area (TPSA) is 24.5 Å². The van der Waals surface area contributed by atoms with Gasteiger partial charge in [0, 0.05) is 19.1 Å². The summed E-state index contributed by atoms with van der Waals surface area (Å²) in [5, 5.41) is 3.62. The van der Waals surface area contributed by atoms with Crippen LogP contribution in [0, 0.1) is 0 Å². The molecule has 1 aromatic rings. The van der Waals surface area contributed by atoms with Gasteiger partial charge in [0.05, 0.1) is 7.11 Å². The Bertz CT molecular complexity index is 381. The van der Waals surface area contributed by atoms with Crippen LogP contribution in [0.15, 0.2) is 24.3 Å². The molecule has 1 aromatic carbocycles. The van der Waals surface area contributed by atoms with E-state index in [0.717, 1.165) is 25.3 Å². The van der Waals surface area contributed by atoms with Crippen molar-refractivity contribution in [2.45, 2.75) is 32.2 Å². The van der Waals surface area contributed by atoms with Crippen LogP contribution < -0.4 is 10.1 Å². The zero-order valence-corrected chi connectivity index (χ0v) is 12.2. The Kier molecular flexibility index (Phi) is 5.67. The lowest BCUT2D eigenvalue weighted by molar-refractivity contribution is 0.328. The maximum absolute atomic E-state index is 5.40. The molecule has 1 aliphatic rings. The summed E-state index contributed by atoms with van der Waals surface area (Å²) in [4.78, 5) is 2.56. The average molecular weight is 262 g/mol. The van der Waals surface area contributed by atoms with E-state index in [1.54, 1.807) is 7.11 Å². The maximum atomic E-state index is 5.40. The highest BCUT2D eigenvalue weighted by Gasteiger charge is 2.21. The van der Waals surface area contributed by atoms with Gasteiger partial charge in [0.2, 0.25) is 0 Å². The van der Waals surface area contributed by atoms with Gasteiger partial charge < -0.3 is 15.0 Å². The van der Waals surface area contributed by atoms with Crippen LogP contribution in [-0.4, -0.2) is 44.2 Å². The number of likely N-dealkylation sites (tertiary alicyclic amines) is 1. The Balaban J connectivity index is 1.77. The third kappa shape index (κ3) is 4.22. The first-order valence-corrected chi connectivity index (χ1v) is 7.41. The van der Waals surface area contributed by atoms with Gasteiger partial charge in [-0.15, -0.1) is 0 Å². The number of nitrogens with one attached hydrogen (secondary N) is 1. The van der Waals surface area contributed by atoms with Crippen LogP contribution >= 0.6 is 0 Å². The number of rotatable bonds is 7. The van der Waals surface area contributed by atoms with Crippen LogP contribution in [0.5, 0.6) is 5.75 Å². The number of nitrogens with zero attached hydrogens (tertiary/aromatic N) is 1. The van der Waals surface area contributed by atoms with Crippen LogP contribution in [-0.2, 0) is 6.42 Å². The van der Waals surface area contributed by atoms with Gasteiger partial charge in [-0.2, -0.15) is 0 Å². The number of benzene rings is 1. The summed E-state index contributed by atoms with van der Waals surface area (Å²) in [5.74, 6) is 1.02. The molecule has 0 aliphatic carbocycles. The molecule has 1 heterocycles. The van der Waals surface area contributed by atoms with Gasteiger partial charge in [0.15, 0.2) is 0 Å². The highest BCUT2D eigenvalue weighted by molar-refractivity contribution is 5.33. The van der Waals surface area contributed by atoms with E-state index in [9.17, 15) is 0 Å². The predicted octanol–water partition coefficient (Wildman–Crippen LogP) is 2.31. The molecule has 0 spiro atoms. The summed E-state index contributed by atoms with van der Waals surface area (Å²) in [6.07, 6.45) is 3.58. The van der Waals surface area contributed by atoms with E-state index in [0.29, 0.717) is 6.04 Å². The van der Waals surface area contributed by atoms with Crippen molar-refractivity contribution < 1.29 is 4.74 Å². The second-order valence-corrected chi connectivity index (χ2v) is 5.30. The molecular formula is C16H26N2O. The Morgan fingerprint density at radius 2 is 2.21 bits per heavy atom. The number of hydrogen-bond acceptors (Lipinski definition) is 3. The van der Waals surface area contributed by atoms with Crippen LogP contribution in [0.2, 0.25) is 0 Å². The molecule has 1 fully saturated rings. The van der Waals surface area contributed by atoms with E-state index in [-0.39, 0.29) is 0 Å². The second kappa shape index (κ2) is 7.51. The van der Waals surface area contributed by atoms with Gasteiger partial charge in [-0.3, -0.25) is 0 Å². The van der Waals surface area contributed by atoms with Crippen LogP contribution in [0.3, 0.4) is 0 Å². The fourth-order valence-corrected chi connectivity index (χ4v) is 2.74. The number of methoxy groups -OCH3 is 1. The summed E-state index contributed by atoms with van der Waals surface area (Å²) in [6, 6.07) is 9.03. The lowest BCUT2D eigenvalue weighted by atomic mass is 10.1. The molecule has 1 unspecified atom stereocenters. The van der Waals surface area contributed by atoms with Crippen molar-refractivity contribution in [2.75, 3.05) is 33.3 Å². The molecular weight excluding hydrogens is 236 g/mol.